The van der Waals surface area contributed by atoms with Crippen LogP contribution in [0.5, 0.6) is 0 Å². The molecular weight excluding hydrogens is 452 g/mol. The molecule has 0 aliphatic rings. The molecular formula is C22H18BrClN4O. The third kappa shape index (κ3) is 4.18. The van der Waals surface area contributed by atoms with Crippen molar-refractivity contribution in [2.24, 2.45) is 0 Å². The van der Waals surface area contributed by atoms with Crippen LogP contribution in [0.3, 0.4) is 0 Å². The second kappa shape index (κ2) is 7.97. The van der Waals surface area contributed by atoms with E-state index in [2.05, 4.69) is 57.4 Å². The number of hydrogen-bond donors (Lipinski definition) is 1. The topological polar surface area (TPSA) is 59.8 Å². The van der Waals surface area contributed by atoms with E-state index in [4.69, 9.17) is 11.6 Å². The predicted octanol–water partition coefficient (Wildman–Crippen LogP) is 6.21. The van der Waals surface area contributed by atoms with Crippen molar-refractivity contribution in [3.05, 3.63) is 81.3 Å². The van der Waals surface area contributed by atoms with Crippen molar-refractivity contribution < 1.29 is 4.79 Å². The summed E-state index contributed by atoms with van der Waals surface area (Å²) < 4.78 is 0.786. The molecule has 0 bridgehead atoms. The van der Waals surface area contributed by atoms with Crippen LogP contribution in [0.1, 0.15) is 35.7 Å². The van der Waals surface area contributed by atoms with Crippen LogP contribution in [-0.2, 0) is 0 Å². The van der Waals surface area contributed by atoms with Crippen LogP contribution in [0.4, 0.5) is 5.69 Å². The Balaban J connectivity index is 1.60. The fourth-order valence-corrected chi connectivity index (χ4v) is 3.53. The van der Waals surface area contributed by atoms with Crippen LogP contribution in [0.2, 0.25) is 5.02 Å². The highest BCUT2D eigenvalue weighted by molar-refractivity contribution is 9.10. The van der Waals surface area contributed by atoms with Crippen molar-refractivity contribution in [3.63, 3.8) is 0 Å². The molecule has 5 nitrogen and oxygen atoms in total. The number of amides is 1. The zero-order valence-electron chi connectivity index (χ0n) is 15.9. The van der Waals surface area contributed by atoms with E-state index in [0.717, 1.165) is 15.7 Å². The third-order valence-electron chi connectivity index (χ3n) is 4.60. The predicted molar refractivity (Wildman–Crippen MR) is 120 cm³/mol. The van der Waals surface area contributed by atoms with Gasteiger partial charge in [-0.05, 0) is 60.0 Å². The fraction of sp³-hybridized carbons (Fsp3) is 0.136. The number of benzene rings is 3. The quantitative estimate of drug-likeness (QED) is 0.386. The Kier molecular flexibility index (Phi) is 5.39. The normalized spacial score (nSPS) is 11.2. The Labute approximate surface area is 181 Å². The maximum Gasteiger partial charge on any atom is 0.257 e. The van der Waals surface area contributed by atoms with Crippen LogP contribution >= 0.6 is 27.5 Å². The van der Waals surface area contributed by atoms with Gasteiger partial charge < -0.3 is 5.32 Å². The Morgan fingerprint density at radius 3 is 2.45 bits per heavy atom. The van der Waals surface area contributed by atoms with Gasteiger partial charge in [-0.25, -0.2) is 0 Å². The number of carbonyl (C=O) groups excluding carboxylic acids is 1. The van der Waals surface area contributed by atoms with E-state index >= 15 is 0 Å². The second-order valence-corrected chi connectivity index (χ2v) is 8.34. The van der Waals surface area contributed by atoms with Gasteiger partial charge in [-0.15, -0.1) is 10.2 Å². The van der Waals surface area contributed by atoms with Crippen LogP contribution in [0.15, 0.2) is 65.1 Å². The molecule has 7 heteroatoms. The van der Waals surface area contributed by atoms with Gasteiger partial charge in [-0.1, -0.05) is 53.5 Å². The molecule has 0 saturated heterocycles. The summed E-state index contributed by atoms with van der Waals surface area (Å²) in [5, 5.41) is 12.3. The van der Waals surface area contributed by atoms with E-state index < -0.39 is 0 Å². The molecule has 29 heavy (non-hydrogen) atoms. The number of nitrogens with one attached hydrogen (secondary N) is 1. The number of rotatable bonds is 4. The standard InChI is InChI=1S/C22H18BrClN4O/c1-13(2)14-3-7-17(8-4-14)28-26-20-10-6-16(12-21(20)27-28)25-22(29)18-11-15(23)5-9-19(18)24/h3-13H,1-2H3,(H,25,29). The van der Waals surface area contributed by atoms with Gasteiger partial charge in [0.15, 0.2) is 0 Å². The van der Waals surface area contributed by atoms with Gasteiger partial charge >= 0.3 is 0 Å². The number of nitrogens with zero attached hydrogens (tertiary/aromatic N) is 3. The lowest BCUT2D eigenvalue weighted by Crippen LogP contribution is -2.12. The summed E-state index contributed by atoms with van der Waals surface area (Å²) in [6, 6.07) is 18.8. The largest absolute Gasteiger partial charge is 0.322 e. The number of halogens is 2. The molecule has 146 valence electrons. The van der Waals surface area contributed by atoms with Crippen LogP contribution < -0.4 is 5.32 Å². The lowest BCUT2D eigenvalue weighted by Gasteiger charge is -2.07. The Hall–Kier alpha value is -2.70. The first-order valence-corrected chi connectivity index (χ1v) is 10.3. The van der Waals surface area contributed by atoms with Gasteiger partial charge in [-0.3, -0.25) is 4.79 Å². The molecule has 0 aliphatic carbocycles. The Bertz CT molecular complexity index is 1200. The van der Waals surface area contributed by atoms with Crippen LogP contribution in [0, 0.1) is 0 Å². The average molecular weight is 470 g/mol. The molecule has 0 fully saturated rings. The fourth-order valence-electron chi connectivity index (χ4n) is 2.97. The van der Waals surface area contributed by atoms with Gasteiger partial charge in [0.25, 0.3) is 5.91 Å². The van der Waals surface area contributed by atoms with Crippen molar-refractivity contribution in [3.8, 4) is 5.69 Å². The smallest absolute Gasteiger partial charge is 0.257 e. The molecule has 0 atom stereocenters. The molecule has 0 aliphatic heterocycles. The molecule has 1 heterocycles. The third-order valence-corrected chi connectivity index (χ3v) is 5.42. The Morgan fingerprint density at radius 2 is 1.72 bits per heavy atom. The highest BCUT2D eigenvalue weighted by Gasteiger charge is 2.13. The molecule has 1 N–H and O–H groups in total. The van der Waals surface area contributed by atoms with Gasteiger partial charge in [0, 0.05) is 10.2 Å². The van der Waals surface area contributed by atoms with Crippen molar-refractivity contribution >= 4 is 50.2 Å². The van der Waals surface area contributed by atoms with Crippen molar-refractivity contribution in [1.29, 1.82) is 0 Å². The van der Waals surface area contributed by atoms with Crippen molar-refractivity contribution in [1.82, 2.24) is 15.0 Å². The molecule has 4 aromatic rings. The summed E-state index contributed by atoms with van der Waals surface area (Å²) in [5.74, 6) is 0.186. The van der Waals surface area contributed by atoms with Gasteiger partial charge in [0.2, 0.25) is 0 Å². The lowest BCUT2D eigenvalue weighted by atomic mass is 10.0. The summed E-state index contributed by atoms with van der Waals surface area (Å²) in [4.78, 5) is 14.2. The molecule has 1 amide bonds. The van der Waals surface area contributed by atoms with E-state index in [9.17, 15) is 4.79 Å². The van der Waals surface area contributed by atoms with Crippen LogP contribution in [-0.4, -0.2) is 20.9 Å². The lowest BCUT2D eigenvalue weighted by molar-refractivity contribution is 0.102. The highest BCUT2D eigenvalue weighted by atomic mass is 79.9. The summed E-state index contributed by atoms with van der Waals surface area (Å²) in [5.41, 5.74) is 4.61. The maximum atomic E-state index is 12.6. The van der Waals surface area contributed by atoms with E-state index in [1.807, 2.05) is 18.2 Å². The zero-order chi connectivity index (χ0) is 20.5. The first-order chi connectivity index (χ1) is 13.9. The second-order valence-electron chi connectivity index (χ2n) is 7.02. The maximum absolute atomic E-state index is 12.6. The molecule has 3 aromatic carbocycles. The number of aromatic nitrogens is 3. The van der Waals surface area contributed by atoms with Crippen molar-refractivity contribution in [2.45, 2.75) is 19.8 Å². The van der Waals surface area contributed by atoms with E-state index in [-0.39, 0.29) is 5.91 Å². The van der Waals surface area contributed by atoms with E-state index in [1.54, 1.807) is 35.1 Å². The number of carbonyl (C=O) groups is 1. The molecule has 0 spiro atoms. The summed E-state index contributed by atoms with van der Waals surface area (Å²) in [7, 11) is 0. The molecule has 0 radical (unpaired) electrons. The summed E-state index contributed by atoms with van der Waals surface area (Å²) in [6.07, 6.45) is 0. The van der Waals surface area contributed by atoms with E-state index in [1.165, 1.54) is 5.56 Å². The molecule has 1 aromatic heterocycles. The zero-order valence-corrected chi connectivity index (χ0v) is 18.2. The first-order valence-electron chi connectivity index (χ1n) is 9.14. The number of anilines is 1. The summed E-state index contributed by atoms with van der Waals surface area (Å²) >= 11 is 9.51. The highest BCUT2D eigenvalue weighted by Crippen LogP contribution is 2.24. The molecule has 0 unspecified atom stereocenters. The number of fused-ring (bicyclic) bond motifs is 1. The van der Waals surface area contributed by atoms with Gasteiger partial charge in [0.05, 0.1) is 16.3 Å². The van der Waals surface area contributed by atoms with Gasteiger partial charge in [0.1, 0.15) is 11.0 Å². The van der Waals surface area contributed by atoms with E-state index in [0.29, 0.717) is 27.7 Å². The Morgan fingerprint density at radius 1 is 1.00 bits per heavy atom. The average Bonchev–Trinajstić information content (AvgIpc) is 3.13. The first kappa shape index (κ1) is 19.6. The van der Waals surface area contributed by atoms with Gasteiger partial charge in [-0.2, -0.15) is 4.80 Å². The monoisotopic (exact) mass is 468 g/mol. The minimum absolute atomic E-state index is 0.285. The summed E-state index contributed by atoms with van der Waals surface area (Å²) in [6.45, 7) is 4.32. The van der Waals surface area contributed by atoms with Crippen LogP contribution in [0.25, 0.3) is 16.7 Å². The molecule has 4 rings (SSSR count). The molecule has 0 saturated carbocycles. The SMILES string of the molecule is CC(C)c1ccc(-n2nc3ccc(NC(=O)c4cc(Br)ccc4Cl)cc3n2)cc1. The minimum atomic E-state index is -0.285. The van der Waals surface area contributed by atoms with Crippen molar-refractivity contribution in [2.75, 3.05) is 5.32 Å². The minimum Gasteiger partial charge on any atom is -0.322 e. The number of hydrogen-bond acceptors (Lipinski definition) is 3.